The molecular weight excluding hydrogens is 198 g/mol. The Kier molecular flexibility index (Phi) is 3.75. The highest BCUT2D eigenvalue weighted by molar-refractivity contribution is 5.66. The Morgan fingerprint density at radius 2 is 1.86 bits per heavy atom. The number of hydrogen-bond acceptors (Lipinski definition) is 6. The van der Waals surface area contributed by atoms with Crippen LogP contribution in [0.4, 0.5) is 4.79 Å². The number of nitro groups is 2. The van der Waals surface area contributed by atoms with Crippen molar-refractivity contribution in [1.82, 2.24) is 5.32 Å². The van der Waals surface area contributed by atoms with Gasteiger partial charge in [0.05, 0.1) is 14.0 Å². The molecule has 0 unspecified atom stereocenters. The minimum Gasteiger partial charge on any atom is -0.453 e. The standard InChI is InChI=1S/C5H9N3O6/c1-5(7(10)11,8(12)13)3-6-4(9)14-2/h3H2,1-2H3,(H,6,9). The second-order valence-corrected chi connectivity index (χ2v) is 2.58. The Morgan fingerprint density at radius 1 is 1.43 bits per heavy atom. The first-order valence-corrected chi connectivity index (χ1v) is 3.45. The molecule has 0 saturated heterocycles. The molecule has 80 valence electrons. The molecule has 0 saturated carbocycles. The van der Waals surface area contributed by atoms with E-state index in [4.69, 9.17) is 0 Å². The van der Waals surface area contributed by atoms with Gasteiger partial charge in [-0.15, -0.1) is 0 Å². The van der Waals surface area contributed by atoms with Gasteiger partial charge in [-0.2, -0.15) is 0 Å². The van der Waals surface area contributed by atoms with Gasteiger partial charge < -0.3 is 10.1 Å². The molecule has 0 rings (SSSR count). The number of alkyl carbamates (subject to hydrolysis) is 1. The number of nitrogens with one attached hydrogen (secondary N) is 1. The van der Waals surface area contributed by atoms with E-state index in [1.807, 2.05) is 5.32 Å². The third kappa shape index (κ3) is 2.54. The van der Waals surface area contributed by atoms with E-state index in [2.05, 4.69) is 4.74 Å². The van der Waals surface area contributed by atoms with Crippen molar-refractivity contribution in [2.45, 2.75) is 12.6 Å². The molecule has 0 aromatic heterocycles. The molecule has 14 heavy (non-hydrogen) atoms. The van der Waals surface area contributed by atoms with Crippen LogP contribution in [-0.4, -0.2) is 35.3 Å². The summed E-state index contributed by atoms with van der Waals surface area (Å²) in [6, 6.07) is 0. The first kappa shape index (κ1) is 12.1. The predicted molar refractivity (Wildman–Crippen MR) is 42.8 cm³/mol. The van der Waals surface area contributed by atoms with E-state index in [1.54, 1.807) is 0 Å². The van der Waals surface area contributed by atoms with Crippen LogP contribution in [0.2, 0.25) is 0 Å². The Hall–Kier alpha value is -1.93. The predicted octanol–water partition coefficient (Wildman–Crippen LogP) is -0.388. The first-order chi connectivity index (χ1) is 6.34. The van der Waals surface area contributed by atoms with Gasteiger partial charge in [0, 0.05) is 0 Å². The van der Waals surface area contributed by atoms with Gasteiger partial charge in [0.2, 0.25) is 0 Å². The highest BCUT2D eigenvalue weighted by atomic mass is 16.7. The number of carbonyl (C=O) groups excluding carboxylic acids is 1. The minimum atomic E-state index is -2.44. The van der Waals surface area contributed by atoms with Crippen LogP contribution in [-0.2, 0) is 4.74 Å². The van der Waals surface area contributed by atoms with Crippen LogP contribution in [0, 0.1) is 20.2 Å². The molecule has 9 heteroatoms. The molecular formula is C5H9N3O6. The van der Waals surface area contributed by atoms with Crippen LogP contribution < -0.4 is 5.32 Å². The van der Waals surface area contributed by atoms with Crippen LogP contribution in [0.3, 0.4) is 0 Å². The molecule has 0 aliphatic heterocycles. The summed E-state index contributed by atoms with van der Waals surface area (Å²) in [7, 11) is 1.05. The summed E-state index contributed by atoms with van der Waals surface area (Å²) in [5, 5.41) is 22.6. The minimum absolute atomic E-state index is 0.736. The second kappa shape index (κ2) is 4.35. The maximum absolute atomic E-state index is 10.5. The third-order valence-electron chi connectivity index (χ3n) is 1.54. The lowest BCUT2D eigenvalue weighted by Gasteiger charge is -2.12. The molecule has 0 aliphatic rings. The zero-order valence-electron chi connectivity index (χ0n) is 7.55. The van der Waals surface area contributed by atoms with Crippen molar-refractivity contribution in [1.29, 1.82) is 0 Å². The van der Waals surface area contributed by atoms with Gasteiger partial charge in [0.25, 0.3) is 0 Å². The van der Waals surface area contributed by atoms with Crippen molar-refractivity contribution in [3.05, 3.63) is 20.2 Å². The van der Waals surface area contributed by atoms with E-state index in [0.717, 1.165) is 14.0 Å². The van der Waals surface area contributed by atoms with Gasteiger partial charge in [-0.3, -0.25) is 20.2 Å². The van der Waals surface area contributed by atoms with Crippen LogP contribution in [0.15, 0.2) is 0 Å². The zero-order valence-corrected chi connectivity index (χ0v) is 7.55. The summed E-state index contributed by atoms with van der Waals surface area (Å²) in [5.41, 5.74) is -2.44. The van der Waals surface area contributed by atoms with Gasteiger partial charge in [-0.1, -0.05) is 0 Å². The number of nitrogens with zero attached hydrogens (tertiary/aromatic N) is 2. The summed E-state index contributed by atoms with van der Waals surface area (Å²) in [6.07, 6.45) is -0.958. The van der Waals surface area contributed by atoms with E-state index in [1.165, 1.54) is 0 Å². The maximum Gasteiger partial charge on any atom is 0.472 e. The van der Waals surface area contributed by atoms with Crippen LogP contribution in [0.5, 0.6) is 0 Å². The Labute approximate surface area is 78.3 Å². The van der Waals surface area contributed by atoms with E-state index < -0.39 is 28.1 Å². The molecule has 0 fully saturated rings. The van der Waals surface area contributed by atoms with Crippen molar-refractivity contribution in [3.8, 4) is 0 Å². The van der Waals surface area contributed by atoms with Crippen molar-refractivity contribution in [3.63, 3.8) is 0 Å². The van der Waals surface area contributed by atoms with Crippen molar-refractivity contribution >= 4 is 6.09 Å². The quantitative estimate of drug-likeness (QED) is 0.380. The Balaban J connectivity index is 4.47. The summed E-state index contributed by atoms with van der Waals surface area (Å²) < 4.78 is 4.11. The second-order valence-electron chi connectivity index (χ2n) is 2.58. The average molecular weight is 207 g/mol. The molecule has 0 bridgehead atoms. The summed E-state index contributed by atoms with van der Waals surface area (Å²) in [4.78, 5) is 29.0. The van der Waals surface area contributed by atoms with Crippen molar-refractivity contribution in [2.75, 3.05) is 13.7 Å². The monoisotopic (exact) mass is 207 g/mol. The van der Waals surface area contributed by atoms with Crippen molar-refractivity contribution in [2.24, 2.45) is 0 Å². The maximum atomic E-state index is 10.5. The molecule has 0 atom stereocenters. The number of methoxy groups -OCH3 is 1. The zero-order chi connectivity index (χ0) is 11.4. The van der Waals surface area contributed by atoms with Crippen LogP contribution in [0.25, 0.3) is 0 Å². The van der Waals surface area contributed by atoms with Gasteiger partial charge in [-0.25, -0.2) is 4.79 Å². The number of carbonyl (C=O) groups is 1. The molecule has 0 heterocycles. The largest absolute Gasteiger partial charge is 0.472 e. The average Bonchev–Trinajstić information content (AvgIpc) is 2.12. The van der Waals surface area contributed by atoms with Gasteiger partial charge in [0.15, 0.2) is 6.54 Å². The van der Waals surface area contributed by atoms with E-state index in [9.17, 15) is 25.0 Å². The van der Waals surface area contributed by atoms with Gasteiger partial charge >= 0.3 is 11.8 Å². The lowest BCUT2D eigenvalue weighted by molar-refractivity contribution is -0.788. The van der Waals surface area contributed by atoms with Gasteiger partial charge in [0.1, 0.15) is 9.85 Å². The fraction of sp³-hybridized carbons (Fsp3) is 0.800. The molecule has 0 aromatic rings. The van der Waals surface area contributed by atoms with Gasteiger partial charge in [-0.05, 0) is 0 Å². The topological polar surface area (TPSA) is 125 Å². The van der Waals surface area contributed by atoms with E-state index in [0.29, 0.717) is 0 Å². The first-order valence-electron chi connectivity index (χ1n) is 3.45. The molecule has 0 aliphatic carbocycles. The molecule has 0 spiro atoms. The van der Waals surface area contributed by atoms with E-state index in [-0.39, 0.29) is 0 Å². The highest BCUT2D eigenvalue weighted by Gasteiger charge is 2.50. The molecule has 1 N–H and O–H groups in total. The normalized spacial score (nSPS) is 10.4. The third-order valence-corrected chi connectivity index (χ3v) is 1.54. The number of hydrogen-bond donors (Lipinski definition) is 1. The van der Waals surface area contributed by atoms with Crippen LogP contribution in [0.1, 0.15) is 6.92 Å². The van der Waals surface area contributed by atoms with E-state index >= 15 is 0 Å². The lowest BCUT2D eigenvalue weighted by Crippen LogP contribution is -2.52. The number of amides is 1. The smallest absolute Gasteiger partial charge is 0.453 e. The Bertz CT molecular complexity index is 250. The molecule has 0 aromatic carbocycles. The Morgan fingerprint density at radius 3 is 2.14 bits per heavy atom. The molecule has 1 amide bonds. The number of rotatable bonds is 4. The highest BCUT2D eigenvalue weighted by Crippen LogP contribution is 2.07. The summed E-state index contributed by atoms with van der Waals surface area (Å²) >= 11 is 0. The summed E-state index contributed by atoms with van der Waals surface area (Å²) in [6.45, 7) is 0.0581. The lowest BCUT2D eigenvalue weighted by atomic mass is 10.2. The summed E-state index contributed by atoms with van der Waals surface area (Å²) in [5.74, 6) is 0. The molecule has 0 radical (unpaired) electrons. The van der Waals surface area contributed by atoms with Crippen molar-refractivity contribution < 1.29 is 19.4 Å². The fourth-order valence-corrected chi connectivity index (χ4v) is 0.508. The number of ether oxygens (including phenoxy) is 1. The molecule has 9 nitrogen and oxygen atoms in total. The van der Waals surface area contributed by atoms with Crippen LogP contribution >= 0.6 is 0 Å². The SMILES string of the molecule is COC(=O)NCC(C)([N+](=O)[O-])[N+](=O)[O-]. The fourth-order valence-electron chi connectivity index (χ4n) is 0.508.